The molecule has 3 rings (SSSR count). The average Bonchev–Trinajstić information content (AvgIpc) is 3.17. The molecule has 1 aliphatic heterocycles. The maximum atomic E-state index is 12.1. The van der Waals surface area contributed by atoms with Gasteiger partial charge in [-0.2, -0.15) is 5.10 Å². The zero-order chi connectivity index (χ0) is 18.0. The molecule has 0 bridgehead atoms. The molecule has 1 aromatic heterocycles. The van der Waals surface area contributed by atoms with Crippen LogP contribution < -0.4 is 5.32 Å². The Morgan fingerprint density at radius 3 is 2.60 bits per heavy atom. The van der Waals surface area contributed by atoms with E-state index in [0.717, 1.165) is 10.5 Å². The van der Waals surface area contributed by atoms with E-state index in [9.17, 15) is 14.4 Å². The highest BCUT2D eigenvalue weighted by atomic mass is 16.2. The van der Waals surface area contributed by atoms with E-state index in [0.29, 0.717) is 11.6 Å². The number of hydrogen-bond acceptors (Lipinski definition) is 5. The van der Waals surface area contributed by atoms with Crippen LogP contribution in [0.2, 0.25) is 0 Å². The minimum Gasteiger partial charge on any atom is -0.349 e. The number of urea groups is 1. The SMILES string of the molecule is CN1C(=O)[C@H](CC(=O)NCc2nc(-c3ccccc3)n[nH]2)N(C)C1=O. The minimum absolute atomic E-state index is 0.0922. The molecule has 1 saturated heterocycles. The molecule has 0 unspecified atom stereocenters. The van der Waals surface area contributed by atoms with E-state index in [4.69, 9.17) is 0 Å². The van der Waals surface area contributed by atoms with Crippen LogP contribution in [0.15, 0.2) is 30.3 Å². The number of nitrogens with zero attached hydrogens (tertiary/aromatic N) is 4. The van der Waals surface area contributed by atoms with Gasteiger partial charge in [-0.3, -0.25) is 19.6 Å². The minimum atomic E-state index is -0.771. The second-order valence-corrected chi connectivity index (χ2v) is 5.76. The van der Waals surface area contributed by atoms with Crippen molar-refractivity contribution in [1.29, 1.82) is 0 Å². The number of amides is 4. The van der Waals surface area contributed by atoms with Crippen molar-refractivity contribution in [2.45, 2.75) is 19.0 Å². The Bertz CT molecular complexity index is 803. The summed E-state index contributed by atoms with van der Waals surface area (Å²) in [5, 5.41) is 9.56. The first-order chi connectivity index (χ1) is 12.0. The summed E-state index contributed by atoms with van der Waals surface area (Å²) in [4.78, 5) is 42.3. The van der Waals surface area contributed by atoms with E-state index in [1.165, 1.54) is 19.0 Å². The number of hydrogen-bond donors (Lipinski definition) is 2. The molecule has 0 radical (unpaired) electrons. The lowest BCUT2D eigenvalue weighted by atomic mass is 10.2. The molecule has 1 atom stereocenters. The number of carbonyl (C=O) groups is 3. The molecular formula is C16H18N6O3. The number of H-pyrrole nitrogens is 1. The first kappa shape index (κ1) is 16.6. The monoisotopic (exact) mass is 342 g/mol. The molecular weight excluding hydrogens is 324 g/mol. The van der Waals surface area contributed by atoms with E-state index in [1.807, 2.05) is 30.3 Å². The number of nitrogens with one attached hydrogen (secondary N) is 2. The first-order valence-electron chi connectivity index (χ1n) is 7.75. The lowest BCUT2D eigenvalue weighted by molar-refractivity contribution is -0.131. The van der Waals surface area contributed by atoms with E-state index in [2.05, 4.69) is 20.5 Å². The van der Waals surface area contributed by atoms with Gasteiger partial charge in [0.25, 0.3) is 5.91 Å². The Morgan fingerprint density at radius 1 is 1.24 bits per heavy atom. The molecule has 9 heteroatoms. The van der Waals surface area contributed by atoms with Crippen LogP contribution in [0.5, 0.6) is 0 Å². The van der Waals surface area contributed by atoms with Gasteiger partial charge in [-0.25, -0.2) is 9.78 Å². The van der Waals surface area contributed by atoms with Gasteiger partial charge in [0, 0.05) is 19.7 Å². The van der Waals surface area contributed by atoms with Gasteiger partial charge in [-0.15, -0.1) is 0 Å². The van der Waals surface area contributed by atoms with Gasteiger partial charge >= 0.3 is 6.03 Å². The molecule has 25 heavy (non-hydrogen) atoms. The van der Waals surface area contributed by atoms with Crippen molar-refractivity contribution >= 4 is 17.8 Å². The second-order valence-electron chi connectivity index (χ2n) is 5.76. The Hall–Kier alpha value is -3.23. The molecule has 0 saturated carbocycles. The van der Waals surface area contributed by atoms with Gasteiger partial charge in [0.05, 0.1) is 13.0 Å². The Labute approximate surface area is 144 Å². The fourth-order valence-corrected chi connectivity index (χ4v) is 2.60. The topological polar surface area (TPSA) is 111 Å². The van der Waals surface area contributed by atoms with E-state index < -0.39 is 12.1 Å². The van der Waals surface area contributed by atoms with E-state index in [-0.39, 0.29) is 24.8 Å². The number of imide groups is 1. The lowest BCUT2D eigenvalue weighted by Gasteiger charge is -2.15. The molecule has 2 heterocycles. The van der Waals surface area contributed by atoms with Crippen LogP contribution in [0.3, 0.4) is 0 Å². The van der Waals surface area contributed by atoms with Crippen molar-refractivity contribution in [2.75, 3.05) is 14.1 Å². The van der Waals surface area contributed by atoms with Crippen molar-refractivity contribution in [3.63, 3.8) is 0 Å². The summed E-state index contributed by atoms with van der Waals surface area (Å²) in [5.74, 6) is 0.328. The molecule has 0 spiro atoms. The quantitative estimate of drug-likeness (QED) is 0.763. The molecule has 1 fully saturated rings. The number of aromatic amines is 1. The van der Waals surface area contributed by atoms with Gasteiger partial charge < -0.3 is 10.2 Å². The summed E-state index contributed by atoms with van der Waals surface area (Å²) in [6.45, 7) is 0.160. The second kappa shape index (κ2) is 6.71. The van der Waals surface area contributed by atoms with Crippen LogP contribution in [-0.2, 0) is 16.1 Å². The lowest BCUT2D eigenvalue weighted by Crippen LogP contribution is -2.37. The van der Waals surface area contributed by atoms with E-state index in [1.54, 1.807) is 0 Å². The smallest absolute Gasteiger partial charge is 0.326 e. The maximum absolute atomic E-state index is 12.1. The highest BCUT2D eigenvalue weighted by molar-refractivity contribution is 6.05. The zero-order valence-electron chi connectivity index (χ0n) is 13.9. The van der Waals surface area contributed by atoms with Gasteiger partial charge in [0.15, 0.2) is 5.82 Å². The molecule has 9 nitrogen and oxygen atoms in total. The van der Waals surface area contributed by atoms with Crippen molar-refractivity contribution in [1.82, 2.24) is 30.3 Å². The number of rotatable bonds is 5. The standard InChI is InChI=1S/C16H18N6O3/c1-21-11(15(24)22(2)16(21)25)8-13(23)17-9-12-18-14(20-19-12)10-6-4-3-5-7-10/h3-7,11H,8-9H2,1-2H3,(H,17,23)(H,18,19,20)/t11-/m0/s1. The van der Waals surface area contributed by atoms with Crippen LogP contribution >= 0.6 is 0 Å². The zero-order valence-corrected chi connectivity index (χ0v) is 13.9. The molecule has 2 aromatic rings. The fraction of sp³-hybridized carbons (Fsp3) is 0.312. The number of carbonyl (C=O) groups excluding carboxylic acids is 3. The third kappa shape index (κ3) is 3.35. The fourth-order valence-electron chi connectivity index (χ4n) is 2.60. The predicted octanol–water partition coefficient (Wildman–Crippen LogP) is 0.370. The van der Waals surface area contributed by atoms with Crippen LogP contribution in [0.4, 0.5) is 4.79 Å². The molecule has 1 aliphatic rings. The van der Waals surface area contributed by atoms with E-state index >= 15 is 0 Å². The predicted molar refractivity (Wildman–Crippen MR) is 88.0 cm³/mol. The Kier molecular flexibility index (Phi) is 4.46. The highest BCUT2D eigenvalue weighted by Gasteiger charge is 2.41. The molecule has 4 amide bonds. The van der Waals surface area contributed by atoms with Crippen molar-refractivity contribution in [3.05, 3.63) is 36.2 Å². The van der Waals surface area contributed by atoms with Crippen LogP contribution in [-0.4, -0.2) is 63.0 Å². The number of benzene rings is 1. The number of likely N-dealkylation sites (N-methyl/N-ethyl adjacent to an activating group) is 2. The summed E-state index contributed by atoms with van der Waals surface area (Å²) >= 11 is 0. The normalized spacial score (nSPS) is 17.3. The summed E-state index contributed by atoms with van der Waals surface area (Å²) in [6, 6.07) is 8.28. The van der Waals surface area contributed by atoms with Gasteiger partial charge in [-0.05, 0) is 0 Å². The summed E-state index contributed by atoms with van der Waals surface area (Å²) in [5.41, 5.74) is 0.871. The largest absolute Gasteiger partial charge is 0.349 e. The Morgan fingerprint density at radius 2 is 1.96 bits per heavy atom. The van der Waals surface area contributed by atoms with Gasteiger partial charge in [0.1, 0.15) is 11.9 Å². The summed E-state index contributed by atoms with van der Waals surface area (Å²) < 4.78 is 0. The van der Waals surface area contributed by atoms with Crippen molar-refractivity contribution < 1.29 is 14.4 Å². The van der Waals surface area contributed by atoms with Crippen LogP contribution in [0.25, 0.3) is 11.4 Å². The molecule has 2 N–H and O–H groups in total. The van der Waals surface area contributed by atoms with Gasteiger partial charge in [0.2, 0.25) is 5.91 Å². The van der Waals surface area contributed by atoms with Crippen molar-refractivity contribution in [2.24, 2.45) is 0 Å². The molecule has 130 valence electrons. The third-order valence-corrected chi connectivity index (χ3v) is 4.07. The average molecular weight is 342 g/mol. The van der Waals surface area contributed by atoms with Gasteiger partial charge in [-0.1, -0.05) is 30.3 Å². The molecule has 1 aromatic carbocycles. The van der Waals surface area contributed by atoms with Crippen molar-refractivity contribution in [3.8, 4) is 11.4 Å². The Balaban J connectivity index is 1.56. The maximum Gasteiger partial charge on any atom is 0.326 e. The highest BCUT2D eigenvalue weighted by Crippen LogP contribution is 2.17. The third-order valence-electron chi connectivity index (χ3n) is 4.07. The van der Waals surface area contributed by atoms with Crippen LogP contribution in [0, 0.1) is 0 Å². The molecule has 0 aliphatic carbocycles. The first-order valence-corrected chi connectivity index (χ1v) is 7.75. The number of aromatic nitrogens is 3. The summed E-state index contributed by atoms with van der Waals surface area (Å²) in [7, 11) is 2.91. The van der Waals surface area contributed by atoms with Crippen LogP contribution in [0.1, 0.15) is 12.2 Å². The summed E-state index contributed by atoms with van der Waals surface area (Å²) in [6.07, 6.45) is -0.0922.